The molecule has 2 fully saturated rings. The van der Waals surface area contributed by atoms with Crippen molar-refractivity contribution in [2.45, 2.75) is 38.8 Å². The number of nitrogens with zero attached hydrogens (tertiary/aromatic N) is 3. The largest absolute Gasteiger partial charge is 0.320 e. The maximum Gasteiger partial charge on any atom is 0.251 e. The molecule has 0 saturated carbocycles. The Balaban J connectivity index is 1.39. The van der Waals surface area contributed by atoms with Gasteiger partial charge in [0.05, 0.1) is 11.0 Å². The van der Waals surface area contributed by atoms with E-state index in [1.54, 1.807) is 0 Å². The second kappa shape index (κ2) is 7.86. The van der Waals surface area contributed by atoms with Crippen LogP contribution in [0.5, 0.6) is 0 Å². The minimum Gasteiger partial charge on any atom is -0.320 e. The number of piperidine rings is 1. The van der Waals surface area contributed by atoms with Gasteiger partial charge in [-0.3, -0.25) is 19.6 Å². The Hall–Kier alpha value is -1.76. The lowest BCUT2D eigenvalue weighted by atomic mass is 10.0. The van der Waals surface area contributed by atoms with Gasteiger partial charge in [0.15, 0.2) is 0 Å². The summed E-state index contributed by atoms with van der Waals surface area (Å²) in [5.41, 5.74) is 3.70. The number of aromatic nitrogens is 2. The van der Waals surface area contributed by atoms with Gasteiger partial charge in [-0.1, -0.05) is 6.92 Å². The first-order valence-corrected chi connectivity index (χ1v) is 9.91. The molecule has 2 aliphatic rings. The predicted octanol–water partition coefficient (Wildman–Crippen LogP) is 1.36. The lowest BCUT2D eigenvalue weighted by molar-refractivity contribution is 0.0784. The van der Waals surface area contributed by atoms with Gasteiger partial charge in [-0.2, -0.15) is 0 Å². The van der Waals surface area contributed by atoms with Crippen LogP contribution >= 0.6 is 0 Å². The molecule has 2 saturated heterocycles. The van der Waals surface area contributed by atoms with E-state index in [1.165, 1.54) is 18.4 Å². The molecule has 0 spiro atoms. The Kier molecular flexibility index (Phi) is 5.33. The summed E-state index contributed by atoms with van der Waals surface area (Å²) in [5, 5.41) is 3.45. The Morgan fingerprint density at radius 2 is 1.92 bits per heavy atom. The van der Waals surface area contributed by atoms with E-state index in [-0.39, 0.29) is 5.56 Å². The monoisotopic (exact) mass is 355 g/mol. The van der Waals surface area contributed by atoms with Gasteiger partial charge in [0, 0.05) is 50.5 Å². The fraction of sp³-hybridized carbons (Fsp3) is 0.600. The summed E-state index contributed by atoms with van der Waals surface area (Å²) >= 11 is 0. The van der Waals surface area contributed by atoms with Crippen molar-refractivity contribution in [2.75, 3.05) is 39.3 Å². The van der Waals surface area contributed by atoms with Crippen LogP contribution in [0.1, 0.15) is 30.9 Å². The number of H-pyrrole nitrogens is 1. The van der Waals surface area contributed by atoms with Gasteiger partial charge < -0.3 is 10.3 Å². The average Bonchev–Trinajstić information content (AvgIpc) is 2.69. The Bertz CT molecular complexity index is 803. The van der Waals surface area contributed by atoms with Crippen molar-refractivity contribution < 1.29 is 0 Å². The van der Waals surface area contributed by atoms with Crippen molar-refractivity contribution in [2.24, 2.45) is 0 Å². The first-order chi connectivity index (χ1) is 12.7. The van der Waals surface area contributed by atoms with Gasteiger partial charge in [-0.15, -0.1) is 0 Å². The summed E-state index contributed by atoms with van der Waals surface area (Å²) in [7, 11) is 0. The van der Waals surface area contributed by atoms with E-state index in [0.717, 1.165) is 74.9 Å². The third-order valence-electron chi connectivity index (χ3n) is 5.84. The number of nitrogens with one attached hydrogen (secondary N) is 2. The zero-order valence-corrected chi connectivity index (χ0v) is 15.6. The number of fused-ring (bicyclic) bond motifs is 1. The Labute approximate surface area is 154 Å². The lowest BCUT2D eigenvalue weighted by Crippen LogP contribution is -2.52. The van der Waals surface area contributed by atoms with Gasteiger partial charge in [0.2, 0.25) is 0 Å². The highest BCUT2D eigenvalue weighted by Gasteiger charge is 2.25. The van der Waals surface area contributed by atoms with E-state index in [1.807, 2.05) is 19.2 Å². The van der Waals surface area contributed by atoms with Crippen molar-refractivity contribution in [3.8, 4) is 0 Å². The minimum absolute atomic E-state index is 0.00883. The molecule has 2 aromatic rings. The first-order valence-electron chi connectivity index (χ1n) is 9.91. The molecule has 140 valence electrons. The second-order valence-corrected chi connectivity index (χ2v) is 7.55. The highest BCUT2D eigenvalue weighted by atomic mass is 16.1. The number of aromatic amines is 1. The summed E-state index contributed by atoms with van der Waals surface area (Å²) < 4.78 is 0. The van der Waals surface area contributed by atoms with Crippen LogP contribution in [0.15, 0.2) is 23.1 Å². The summed E-state index contributed by atoms with van der Waals surface area (Å²) in [6.45, 7) is 9.73. The molecular formula is C20H29N5O. The molecule has 2 aliphatic heterocycles. The Morgan fingerprint density at radius 1 is 1.15 bits per heavy atom. The summed E-state index contributed by atoms with van der Waals surface area (Å²) in [5.74, 6) is 0. The molecule has 2 N–H and O–H groups in total. The molecule has 4 heterocycles. The number of pyridine rings is 2. The van der Waals surface area contributed by atoms with Crippen LogP contribution in [0.2, 0.25) is 0 Å². The van der Waals surface area contributed by atoms with Crippen molar-refractivity contribution in [1.82, 2.24) is 25.1 Å². The number of piperazine rings is 1. The Morgan fingerprint density at radius 3 is 2.65 bits per heavy atom. The van der Waals surface area contributed by atoms with E-state index in [2.05, 4.69) is 31.2 Å². The molecule has 0 radical (unpaired) electrons. The van der Waals surface area contributed by atoms with Crippen LogP contribution in [0.25, 0.3) is 11.0 Å². The molecule has 0 amide bonds. The van der Waals surface area contributed by atoms with Crippen molar-refractivity contribution in [1.29, 1.82) is 0 Å². The zero-order chi connectivity index (χ0) is 17.9. The molecule has 6 nitrogen and oxygen atoms in total. The van der Waals surface area contributed by atoms with Crippen LogP contribution in [-0.4, -0.2) is 65.1 Å². The maximum absolute atomic E-state index is 12.0. The smallest absolute Gasteiger partial charge is 0.251 e. The summed E-state index contributed by atoms with van der Waals surface area (Å²) in [4.78, 5) is 24.8. The number of rotatable bonds is 4. The molecule has 0 unspecified atom stereocenters. The van der Waals surface area contributed by atoms with E-state index in [4.69, 9.17) is 0 Å². The molecule has 6 heteroatoms. The highest BCUT2D eigenvalue weighted by molar-refractivity contribution is 5.74. The normalized spacial score (nSPS) is 20.7. The van der Waals surface area contributed by atoms with Crippen molar-refractivity contribution >= 4 is 11.0 Å². The minimum atomic E-state index is 0.00883. The fourth-order valence-electron chi connectivity index (χ4n) is 4.23. The third kappa shape index (κ3) is 3.82. The van der Waals surface area contributed by atoms with Crippen LogP contribution in [0, 0.1) is 0 Å². The van der Waals surface area contributed by atoms with Gasteiger partial charge in [0.1, 0.15) is 0 Å². The molecule has 4 rings (SSSR count). The SMILES string of the molecule is CCc1cc2ncc(CN3CCN(C4CCNCC4)CC3)cc2[nH]c1=O. The number of hydrogen-bond donors (Lipinski definition) is 2. The van der Waals surface area contributed by atoms with E-state index >= 15 is 0 Å². The predicted molar refractivity (Wildman–Crippen MR) is 104 cm³/mol. The molecule has 0 aromatic carbocycles. The lowest BCUT2D eigenvalue weighted by Gasteiger charge is -2.40. The van der Waals surface area contributed by atoms with Crippen LogP contribution < -0.4 is 10.9 Å². The van der Waals surface area contributed by atoms with Gasteiger partial charge in [-0.25, -0.2) is 0 Å². The van der Waals surface area contributed by atoms with Crippen LogP contribution in [0.3, 0.4) is 0 Å². The summed E-state index contributed by atoms with van der Waals surface area (Å²) in [6, 6.07) is 4.76. The maximum atomic E-state index is 12.0. The highest BCUT2D eigenvalue weighted by Crippen LogP contribution is 2.17. The standard InChI is InChI=1S/C20H29N5O/c1-2-16-12-18-19(23-20(16)26)11-15(13-22-18)14-24-7-9-25(10-8-24)17-3-5-21-6-4-17/h11-13,17,21H,2-10,14H2,1H3,(H,23,26). The van der Waals surface area contributed by atoms with E-state index in [0.29, 0.717) is 0 Å². The molecule has 0 aliphatic carbocycles. The van der Waals surface area contributed by atoms with Gasteiger partial charge in [0.25, 0.3) is 5.56 Å². The van der Waals surface area contributed by atoms with Crippen LogP contribution in [-0.2, 0) is 13.0 Å². The molecule has 0 atom stereocenters. The molecule has 26 heavy (non-hydrogen) atoms. The zero-order valence-electron chi connectivity index (χ0n) is 15.6. The fourth-order valence-corrected chi connectivity index (χ4v) is 4.23. The van der Waals surface area contributed by atoms with Crippen LogP contribution in [0.4, 0.5) is 0 Å². The molecule has 0 bridgehead atoms. The first kappa shape index (κ1) is 17.6. The molecular weight excluding hydrogens is 326 g/mol. The van der Waals surface area contributed by atoms with E-state index in [9.17, 15) is 4.79 Å². The number of hydrogen-bond acceptors (Lipinski definition) is 5. The average molecular weight is 355 g/mol. The van der Waals surface area contributed by atoms with Crippen molar-refractivity contribution in [3.63, 3.8) is 0 Å². The van der Waals surface area contributed by atoms with Gasteiger partial charge >= 0.3 is 0 Å². The van der Waals surface area contributed by atoms with E-state index < -0.39 is 0 Å². The topological polar surface area (TPSA) is 64.3 Å². The van der Waals surface area contributed by atoms with Gasteiger partial charge in [-0.05, 0) is 50.0 Å². The third-order valence-corrected chi connectivity index (χ3v) is 5.84. The number of aryl methyl sites for hydroxylation is 1. The quantitative estimate of drug-likeness (QED) is 0.867. The van der Waals surface area contributed by atoms with Crippen molar-refractivity contribution in [3.05, 3.63) is 39.8 Å². The molecule has 2 aromatic heterocycles. The summed E-state index contributed by atoms with van der Waals surface area (Å²) in [6.07, 6.45) is 5.25. The second-order valence-electron chi connectivity index (χ2n) is 7.55.